The first-order valence-electron chi connectivity index (χ1n) is 8.60. The molecule has 1 aliphatic heterocycles. The first-order chi connectivity index (χ1) is 10.8. The Labute approximate surface area is 138 Å². The minimum atomic E-state index is -0.193. The first kappa shape index (κ1) is 16.2. The van der Waals surface area contributed by atoms with Gasteiger partial charge in [0, 0.05) is 18.4 Å². The van der Waals surface area contributed by atoms with Gasteiger partial charge in [-0.1, -0.05) is 31.6 Å². The summed E-state index contributed by atoms with van der Waals surface area (Å²) in [7, 11) is 0. The molecule has 0 amide bonds. The Bertz CT molecular complexity index is 633. The minimum absolute atomic E-state index is 0.0336. The second-order valence-corrected chi connectivity index (χ2v) is 7.87. The van der Waals surface area contributed by atoms with Gasteiger partial charge >= 0.3 is 5.97 Å². The zero-order valence-corrected chi connectivity index (χ0v) is 14.4. The van der Waals surface area contributed by atoms with Crippen LogP contribution in [0, 0.1) is 11.3 Å². The van der Waals surface area contributed by atoms with E-state index in [4.69, 9.17) is 4.74 Å². The molecule has 23 heavy (non-hydrogen) atoms. The van der Waals surface area contributed by atoms with Crippen molar-refractivity contribution in [2.24, 2.45) is 11.3 Å². The third-order valence-electron chi connectivity index (χ3n) is 5.79. The van der Waals surface area contributed by atoms with E-state index in [2.05, 4.69) is 20.4 Å². The Hall–Kier alpha value is -1.64. The quantitative estimate of drug-likeness (QED) is 0.495. The molecule has 2 atom stereocenters. The molecular weight excluding hydrogens is 288 g/mol. The smallest absolute Gasteiger partial charge is 0.334 e. The zero-order chi connectivity index (χ0) is 16.8. The van der Waals surface area contributed by atoms with E-state index in [-0.39, 0.29) is 23.3 Å². The molecule has 0 aromatic rings. The maximum Gasteiger partial charge on any atom is 0.334 e. The molecule has 2 bridgehead atoms. The Kier molecular flexibility index (Phi) is 4.07. The van der Waals surface area contributed by atoms with Gasteiger partial charge in [-0.3, -0.25) is 4.79 Å². The third-order valence-corrected chi connectivity index (χ3v) is 5.79. The van der Waals surface area contributed by atoms with Gasteiger partial charge in [0.1, 0.15) is 6.10 Å². The summed E-state index contributed by atoms with van der Waals surface area (Å²) in [6, 6.07) is 0. The molecule has 3 aliphatic rings. The Morgan fingerprint density at radius 3 is 2.65 bits per heavy atom. The topological polar surface area (TPSA) is 43.4 Å². The van der Waals surface area contributed by atoms with E-state index in [1.54, 1.807) is 6.08 Å². The second-order valence-electron chi connectivity index (χ2n) is 7.87. The summed E-state index contributed by atoms with van der Waals surface area (Å²) in [5.74, 6) is 0.472. The van der Waals surface area contributed by atoms with Gasteiger partial charge in [-0.25, -0.2) is 4.79 Å². The van der Waals surface area contributed by atoms with Crippen molar-refractivity contribution >= 4 is 11.8 Å². The summed E-state index contributed by atoms with van der Waals surface area (Å²) in [5.41, 5.74) is 4.04. The van der Waals surface area contributed by atoms with Gasteiger partial charge in [0.25, 0.3) is 0 Å². The van der Waals surface area contributed by atoms with Crippen LogP contribution in [-0.4, -0.2) is 17.9 Å². The van der Waals surface area contributed by atoms with Crippen molar-refractivity contribution in [3.05, 3.63) is 34.9 Å². The summed E-state index contributed by atoms with van der Waals surface area (Å²) in [6.45, 7) is 10.5. The van der Waals surface area contributed by atoms with Crippen LogP contribution in [0.25, 0.3) is 0 Å². The monoisotopic (exact) mass is 314 g/mol. The fourth-order valence-corrected chi connectivity index (χ4v) is 4.54. The van der Waals surface area contributed by atoms with Crippen LogP contribution in [0.5, 0.6) is 0 Å². The fourth-order valence-electron chi connectivity index (χ4n) is 4.54. The van der Waals surface area contributed by atoms with E-state index < -0.39 is 0 Å². The van der Waals surface area contributed by atoms with Crippen molar-refractivity contribution in [1.29, 1.82) is 0 Å². The van der Waals surface area contributed by atoms with Gasteiger partial charge < -0.3 is 4.74 Å². The number of fused-ring (bicyclic) bond motifs is 1. The van der Waals surface area contributed by atoms with Gasteiger partial charge in [-0.05, 0) is 55.6 Å². The molecule has 3 nitrogen and oxygen atoms in total. The van der Waals surface area contributed by atoms with E-state index >= 15 is 0 Å². The molecule has 0 N–H and O–H groups in total. The first-order valence-corrected chi connectivity index (χ1v) is 8.60. The van der Waals surface area contributed by atoms with E-state index in [9.17, 15) is 9.59 Å². The summed E-state index contributed by atoms with van der Waals surface area (Å²) < 4.78 is 5.68. The van der Waals surface area contributed by atoms with Crippen molar-refractivity contribution in [1.82, 2.24) is 0 Å². The molecule has 0 unspecified atom stereocenters. The zero-order valence-electron chi connectivity index (χ0n) is 14.4. The van der Waals surface area contributed by atoms with E-state index in [0.29, 0.717) is 18.8 Å². The molecular formula is C20H26O3. The lowest BCUT2D eigenvalue weighted by Crippen LogP contribution is -2.34. The molecule has 0 saturated heterocycles. The minimum Gasteiger partial charge on any atom is -0.454 e. The Balaban J connectivity index is 2.03. The molecule has 0 saturated carbocycles. The van der Waals surface area contributed by atoms with Crippen LogP contribution in [0.3, 0.4) is 0 Å². The lowest BCUT2D eigenvalue weighted by molar-refractivity contribution is -0.139. The standard InChI is InChI=1S/C20H26O3/c1-12-5-6-14-7-8-16-18(20(14,3)4)17(23-19(16)22)11-13(2)10-15(21)9-12/h10,14,17H,1,5-9,11H2,2-4H3/b13-10+/t14-,17-/m0/s1. The van der Waals surface area contributed by atoms with Gasteiger partial charge in [0.2, 0.25) is 0 Å². The van der Waals surface area contributed by atoms with E-state index in [1.165, 1.54) is 5.57 Å². The van der Waals surface area contributed by atoms with Crippen LogP contribution in [0.15, 0.2) is 34.9 Å². The summed E-state index contributed by atoms with van der Waals surface area (Å²) in [6.07, 6.45) is 6.32. The van der Waals surface area contributed by atoms with Crippen LogP contribution >= 0.6 is 0 Å². The average Bonchev–Trinajstić information content (AvgIpc) is 2.73. The van der Waals surface area contributed by atoms with Gasteiger partial charge in [0.05, 0.1) is 0 Å². The van der Waals surface area contributed by atoms with Crippen molar-refractivity contribution < 1.29 is 14.3 Å². The number of esters is 1. The van der Waals surface area contributed by atoms with Crippen LogP contribution in [0.4, 0.5) is 0 Å². The molecule has 0 aromatic heterocycles. The molecule has 0 aromatic carbocycles. The maximum atomic E-state index is 12.3. The number of ketones is 1. The highest BCUT2D eigenvalue weighted by Gasteiger charge is 2.48. The predicted octanol–water partition coefficient (Wildman–Crippen LogP) is 4.29. The molecule has 0 spiro atoms. The Morgan fingerprint density at radius 1 is 1.22 bits per heavy atom. The number of carbonyl (C=O) groups excluding carboxylic acids is 2. The molecule has 3 heteroatoms. The van der Waals surface area contributed by atoms with Crippen molar-refractivity contribution in [3.63, 3.8) is 0 Å². The van der Waals surface area contributed by atoms with Gasteiger partial charge in [-0.2, -0.15) is 0 Å². The Morgan fingerprint density at radius 2 is 1.91 bits per heavy atom. The summed E-state index contributed by atoms with van der Waals surface area (Å²) >= 11 is 0. The van der Waals surface area contributed by atoms with Gasteiger partial charge in [-0.15, -0.1) is 0 Å². The van der Waals surface area contributed by atoms with Crippen molar-refractivity contribution in [3.8, 4) is 0 Å². The summed E-state index contributed by atoms with van der Waals surface area (Å²) in [5, 5.41) is 0. The molecule has 1 heterocycles. The van der Waals surface area contributed by atoms with E-state index in [1.807, 2.05) is 6.92 Å². The number of rotatable bonds is 0. The fraction of sp³-hybridized carbons (Fsp3) is 0.600. The lowest BCUT2D eigenvalue weighted by atomic mass is 9.62. The highest BCUT2D eigenvalue weighted by molar-refractivity contribution is 5.93. The number of ether oxygens (including phenoxy) is 1. The number of carbonyl (C=O) groups is 2. The highest BCUT2D eigenvalue weighted by atomic mass is 16.5. The number of hydrogen-bond acceptors (Lipinski definition) is 3. The number of hydrogen-bond donors (Lipinski definition) is 0. The third kappa shape index (κ3) is 2.93. The van der Waals surface area contributed by atoms with Crippen LogP contribution in [0.1, 0.15) is 59.3 Å². The van der Waals surface area contributed by atoms with E-state index in [0.717, 1.165) is 42.4 Å². The second kappa shape index (κ2) is 5.77. The highest BCUT2D eigenvalue weighted by Crippen LogP contribution is 2.52. The maximum absolute atomic E-state index is 12.3. The SMILES string of the molecule is C=C1CC[C@H]2CCC3=C([C@H](C/C(C)=C/C(=O)C1)OC3=O)C2(C)C. The predicted molar refractivity (Wildman–Crippen MR) is 89.8 cm³/mol. The molecule has 0 radical (unpaired) electrons. The largest absolute Gasteiger partial charge is 0.454 e. The van der Waals surface area contributed by atoms with Crippen molar-refractivity contribution in [2.45, 2.75) is 65.4 Å². The van der Waals surface area contributed by atoms with Crippen LogP contribution in [-0.2, 0) is 14.3 Å². The van der Waals surface area contributed by atoms with Crippen LogP contribution in [0.2, 0.25) is 0 Å². The summed E-state index contributed by atoms with van der Waals surface area (Å²) in [4.78, 5) is 24.4. The van der Waals surface area contributed by atoms with Gasteiger partial charge in [0.15, 0.2) is 5.78 Å². The molecule has 0 fully saturated rings. The molecule has 124 valence electrons. The van der Waals surface area contributed by atoms with Crippen molar-refractivity contribution in [2.75, 3.05) is 0 Å². The lowest BCUT2D eigenvalue weighted by Gasteiger charge is -2.41. The average molecular weight is 314 g/mol. The normalized spacial score (nSPS) is 33.5. The number of allylic oxidation sites excluding steroid dienone is 2. The van der Waals surface area contributed by atoms with Crippen LogP contribution < -0.4 is 0 Å². The molecule has 2 aliphatic carbocycles. The molecule has 3 rings (SSSR count).